The monoisotopic (exact) mass is 268 g/mol. The number of esters is 1. The number of ether oxygens (including phenoxy) is 1. The zero-order valence-corrected chi connectivity index (χ0v) is 12.2. The van der Waals surface area contributed by atoms with Gasteiger partial charge in [-0.2, -0.15) is 0 Å². The van der Waals surface area contributed by atoms with E-state index in [4.69, 9.17) is 4.74 Å². The van der Waals surface area contributed by atoms with Gasteiger partial charge in [0.15, 0.2) is 0 Å². The Balaban J connectivity index is 2.31. The Kier molecular flexibility index (Phi) is 4.23. The molecule has 0 radical (unpaired) electrons. The molecular weight excluding hydrogens is 248 g/mol. The predicted octanol–water partition coefficient (Wildman–Crippen LogP) is 4.59. The second kappa shape index (κ2) is 5.91. The van der Waals surface area contributed by atoms with Crippen molar-refractivity contribution in [1.82, 2.24) is 0 Å². The topological polar surface area (TPSA) is 26.3 Å². The van der Waals surface area contributed by atoms with Crippen LogP contribution in [0.4, 0.5) is 0 Å². The molecule has 20 heavy (non-hydrogen) atoms. The van der Waals surface area contributed by atoms with Gasteiger partial charge in [0.2, 0.25) is 0 Å². The number of para-hydroxylation sites is 1. The van der Waals surface area contributed by atoms with Crippen molar-refractivity contribution in [2.45, 2.75) is 32.6 Å². The Morgan fingerprint density at radius 1 is 1.00 bits per heavy atom. The lowest BCUT2D eigenvalue weighted by atomic mass is 9.80. The van der Waals surface area contributed by atoms with Crippen molar-refractivity contribution in [2.75, 3.05) is 0 Å². The van der Waals surface area contributed by atoms with Crippen LogP contribution in [-0.4, -0.2) is 5.97 Å². The molecule has 2 heteroatoms. The summed E-state index contributed by atoms with van der Waals surface area (Å²) in [7, 11) is 0. The van der Waals surface area contributed by atoms with Crippen molar-refractivity contribution in [3.8, 4) is 5.75 Å². The number of carbonyl (C=O) groups excluding carboxylic acids is 1. The van der Waals surface area contributed by atoms with E-state index >= 15 is 0 Å². The van der Waals surface area contributed by atoms with Gasteiger partial charge in [-0.3, -0.25) is 0 Å². The van der Waals surface area contributed by atoms with Gasteiger partial charge in [-0.25, -0.2) is 4.79 Å². The van der Waals surface area contributed by atoms with E-state index in [1.165, 1.54) is 0 Å². The summed E-state index contributed by atoms with van der Waals surface area (Å²) in [6.07, 6.45) is 0.961. The molecule has 0 aromatic heterocycles. The maximum atomic E-state index is 12.4. The fourth-order valence-corrected chi connectivity index (χ4v) is 2.09. The molecule has 2 nitrogen and oxygen atoms in total. The summed E-state index contributed by atoms with van der Waals surface area (Å²) >= 11 is 0. The van der Waals surface area contributed by atoms with Crippen LogP contribution in [0.5, 0.6) is 5.75 Å². The van der Waals surface area contributed by atoms with Crippen LogP contribution < -0.4 is 4.74 Å². The molecule has 2 rings (SSSR count). The van der Waals surface area contributed by atoms with Gasteiger partial charge in [0.25, 0.3) is 0 Å². The highest BCUT2D eigenvalue weighted by Gasteiger charge is 2.24. The minimum absolute atomic E-state index is 0.0493. The second-order valence-electron chi connectivity index (χ2n) is 5.49. The first kappa shape index (κ1) is 14.3. The average Bonchev–Trinajstić information content (AvgIpc) is 2.48. The largest absolute Gasteiger partial charge is 0.423 e. The zero-order valence-electron chi connectivity index (χ0n) is 12.2. The number of rotatable bonds is 4. The van der Waals surface area contributed by atoms with Crippen molar-refractivity contribution >= 4 is 5.97 Å². The molecule has 0 saturated heterocycles. The Hall–Kier alpha value is -2.09. The third-order valence-corrected chi connectivity index (χ3v) is 3.71. The summed E-state index contributed by atoms with van der Waals surface area (Å²) in [6, 6.07) is 16.8. The fraction of sp³-hybridized carbons (Fsp3) is 0.278. The molecule has 0 atom stereocenters. The lowest BCUT2D eigenvalue weighted by Gasteiger charge is -2.25. The van der Waals surface area contributed by atoms with E-state index < -0.39 is 0 Å². The molecule has 0 spiro atoms. The van der Waals surface area contributed by atoms with E-state index in [2.05, 4.69) is 20.8 Å². The highest BCUT2D eigenvalue weighted by atomic mass is 16.5. The standard InChI is InChI=1S/C18H20O2/c1-4-18(2,3)16-13-9-8-12-15(16)17(19)20-14-10-6-5-7-11-14/h5-13H,4H2,1-3H3. The van der Waals surface area contributed by atoms with E-state index in [1.54, 1.807) is 12.1 Å². The third-order valence-electron chi connectivity index (χ3n) is 3.71. The Labute approximate surface area is 120 Å². The number of benzene rings is 2. The number of hydrogen-bond acceptors (Lipinski definition) is 2. The molecule has 0 aliphatic heterocycles. The quantitative estimate of drug-likeness (QED) is 0.598. The van der Waals surface area contributed by atoms with E-state index in [0.717, 1.165) is 12.0 Å². The van der Waals surface area contributed by atoms with Crippen LogP contribution in [0.25, 0.3) is 0 Å². The lowest BCUT2D eigenvalue weighted by Crippen LogP contribution is -2.21. The van der Waals surface area contributed by atoms with Crippen LogP contribution in [0.3, 0.4) is 0 Å². The Morgan fingerprint density at radius 2 is 1.60 bits per heavy atom. The van der Waals surface area contributed by atoms with Gasteiger partial charge in [-0.05, 0) is 35.6 Å². The van der Waals surface area contributed by atoms with Crippen molar-refractivity contribution in [1.29, 1.82) is 0 Å². The first-order valence-corrected chi connectivity index (χ1v) is 6.91. The number of hydrogen-bond donors (Lipinski definition) is 0. The van der Waals surface area contributed by atoms with E-state index in [9.17, 15) is 4.79 Å². The minimum Gasteiger partial charge on any atom is -0.423 e. The molecule has 0 N–H and O–H groups in total. The third kappa shape index (κ3) is 3.08. The van der Waals surface area contributed by atoms with Gasteiger partial charge < -0.3 is 4.74 Å². The molecule has 0 aliphatic rings. The van der Waals surface area contributed by atoms with Crippen molar-refractivity contribution in [3.63, 3.8) is 0 Å². The van der Waals surface area contributed by atoms with Crippen LogP contribution >= 0.6 is 0 Å². The zero-order chi connectivity index (χ0) is 14.6. The summed E-state index contributed by atoms with van der Waals surface area (Å²) in [5.74, 6) is 0.273. The maximum Gasteiger partial charge on any atom is 0.343 e. The van der Waals surface area contributed by atoms with Crippen molar-refractivity contribution < 1.29 is 9.53 Å². The predicted molar refractivity (Wildman–Crippen MR) is 81.2 cm³/mol. The normalized spacial score (nSPS) is 11.2. The molecular formula is C18H20O2. The SMILES string of the molecule is CCC(C)(C)c1ccccc1C(=O)Oc1ccccc1. The summed E-state index contributed by atoms with van der Waals surface area (Å²) in [6.45, 7) is 6.41. The van der Waals surface area contributed by atoms with E-state index in [0.29, 0.717) is 11.3 Å². The van der Waals surface area contributed by atoms with Crippen LogP contribution in [0, 0.1) is 0 Å². The van der Waals surface area contributed by atoms with Gasteiger partial charge in [0.05, 0.1) is 5.56 Å². The molecule has 0 amide bonds. The van der Waals surface area contributed by atoms with Crippen molar-refractivity contribution in [2.24, 2.45) is 0 Å². The van der Waals surface area contributed by atoms with Crippen LogP contribution in [0.15, 0.2) is 54.6 Å². The first-order valence-electron chi connectivity index (χ1n) is 6.91. The molecule has 0 saturated carbocycles. The molecule has 2 aromatic carbocycles. The van der Waals surface area contributed by atoms with Crippen LogP contribution in [0.2, 0.25) is 0 Å². The van der Waals surface area contributed by atoms with Crippen molar-refractivity contribution in [3.05, 3.63) is 65.7 Å². The summed E-state index contributed by atoms with van der Waals surface area (Å²) in [5, 5.41) is 0. The highest BCUT2D eigenvalue weighted by Crippen LogP contribution is 2.30. The van der Waals surface area contributed by atoms with E-state index in [-0.39, 0.29) is 11.4 Å². The molecule has 0 bridgehead atoms. The Bertz CT molecular complexity index is 585. The molecule has 104 valence electrons. The van der Waals surface area contributed by atoms with Gasteiger partial charge >= 0.3 is 5.97 Å². The van der Waals surface area contributed by atoms with Gasteiger partial charge in [0, 0.05) is 0 Å². The number of carbonyl (C=O) groups is 1. The minimum atomic E-state index is -0.298. The molecule has 0 heterocycles. The molecule has 0 fully saturated rings. The molecule has 2 aromatic rings. The van der Waals surface area contributed by atoms with Gasteiger partial charge in [-0.15, -0.1) is 0 Å². The summed E-state index contributed by atoms with van der Waals surface area (Å²) < 4.78 is 5.44. The van der Waals surface area contributed by atoms with Crippen LogP contribution in [0.1, 0.15) is 43.1 Å². The summed E-state index contributed by atoms with van der Waals surface area (Å²) in [5.41, 5.74) is 1.62. The second-order valence-corrected chi connectivity index (χ2v) is 5.49. The average molecular weight is 268 g/mol. The lowest BCUT2D eigenvalue weighted by molar-refractivity contribution is 0.0732. The Morgan fingerprint density at radius 3 is 2.25 bits per heavy atom. The van der Waals surface area contributed by atoms with E-state index in [1.807, 2.05) is 42.5 Å². The molecule has 0 aliphatic carbocycles. The van der Waals surface area contributed by atoms with Gasteiger partial charge in [0.1, 0.15) is 5.75 Å². The fourth-order valence-electron chi connectivity index (χ4n) is 2.09. The van der Waals surface area contributed by atoms with Gasteiger partial charge in [-0.1, -0.05) is 57.2 Å². The highest BCUT2D eigenvalue weighted by molar-refractivity contribution is 5.93. The van der Waals surface area contributed by atoms with Crippen LogP contribution in [-0.2, 0) is 5.41 Å². The smallest absolute Gasteiger partial charge is 0.343 e. The first-order chi connectivity index (χ1) is 9.54. The molecule has 0 unspecified atom stereocenters. The maximum absolute atomic E-state index is 12.4. The summed E-state index contributed by atoms with van der Waals surface area (Å²) in [4.78, 5) is 12.4.